The topological polar surface area (TPSA) is 84.9 Å². The first-order valence-electron chi connectivity index (χ1n) is 10.7. The number of nitrogens with zero attached hydrogens (tertiary/aromatic N) is 1. The fourth-order valence-corrected chi connectivity index (χ4v) is 6.34. The highest BCUT2D eigenvalue weighted by Crippen LogP contribution is 2.30. The predicted molar refractivity (Wildman–Crippen MR) is 124 cm³/mol. The molecule has 0 radical (unpaired) electrons. The summed E-state index contributed by atoms with van der Waals surface area (Å²) >= 11 is 0. The first-order chi connectivity index (χ1) is 15.2. The molecule has 0 bridgehead atoms. The Bertz CT molecular complexity index is 1070. The fraction of sp³-hybridized carbons (Fsp3) is 0.458. The van der Waals surface area contributed by atoms with E-state index in [9.17, 15) is 13.2 Å². The van der Waals surface area contributed by atoms with Crippen LogP contribution in [-0.2, 0) is 21.4 Å². The van der Waals surface area contributed by atoms with Gasteiger partial charge in [0.15, 0.2) is 11.5 Å². The van der Waals surface area contributed by atoms with Gasteiger partial charge < -0.3 is 14.8 Å². The first-order valence-corrected chi connectivity index (χ1v) is 12.2. The van der Waals surface area contributed by atoms with E-state index in [1.165, 1.54) is 4.31 Å². The minimum atomic E-state index is -3.67. The number of carbonyl (C=O) groups is 1. The molecule has 1 N–H and O–H groups in total. The largest absolute Gasteiger partial charge is 0.493 e. The van der Waals surface area contributed by atoms with Crippen molar-refractivity contribution in [1.82, 2.24) is 9.62 Å². The zero-order chi connectivity index (χ0) is 23.5. The number of hydrogen-bond acceptors (Lipinski definition) is 5. The van der Waals surface area contributed by atoms with Crippen LogP contribution in [0.4, 0.5) is 0 Å². The highest BCUT2D eigenvalue weighted by Gasteiger charge is 2.34. The van der Waals surface area contributed by atoms with E-state index in [-0.39, 0.29) is 18.4 Å². The Morgan fingerprint density at radius 2 is 1.72 bits per heavy atom. The van der Waals surface area contributed by atoms with Gasteiger partial charge in [-0.3, -0.25) is 4.79 Å². The second-order valence-corrected chi connectivity index (χ2v) is 10.2. The minimum Gasteiger partial charge on any atom is -0.493 e. The Kier molecular flexibility index (Phi) is 7.46. The Hall–Kier alpha value is -2.58. The molecule has 174 valence electrons. The summed E-state index contributed by atoms with van der Waals surface area (Å²) in [5.74, 6) is 0.692. The zero-order valence-corrected chi connectivity index (χ0v) is 20.2. The van der Waals surface area contributed by atoms with Crippen LogP contribution in [0.3, 0.4) is 0 Å². The molecule has 1 aliphatic heterocycles. The number of methoxy groups -OCH3 is 2. The Balaban J connectivity index is 1.70. The lowest BCUT2D eigenvalue weighted by Crippen LogP contribution is -2.45. The summed E-state index contributed by atoms with van der Waals surface area (Å²) in [6, 6.07) is 9.25. The summed E-state index contributed by atoms with van der Waals surface area (Å²) in [4.78, 5) is 13.2. The number of aryl methyl sites for hydroxylation is 3. The summed E-state index contributed by atoms with van der Waals surface area (Å²) < 4.78 is 38.8. The smallest absolute Gasteiger partial charge is 0.243 e. The number of hydrogen-bond donors (Lipinski definition) is 1. The van der Waals surface area contributed by atoms with E-state index >= 15 is 0 Å². The number of ether oxygens (including phenoxy) is 2. The molecule has 1 saturated heterocycles. The standard InChI is InChI=1S/C24H32N2O5S/c1-16-11-17(2)23(18(3)12-16)32(28,29)26-10-6-7-20(15-26)24(27)25-14-19-8-9-21(30-4)22(13-19)31-5/h8-9,11-13,20H,6-7,10,14-15H2,1-5H3,(H,25,27). The molecule has 8 heteroatoms. The maximum atomic E-state index is 13.4. The molecule has 1 atom stereocenters. The Morgan fingerprint density at radius 3 is 2.34 bits per heavy atom. The number of carbonyl (C=O) groups excluding carboxylic acids is 1. The Labute approximate surface area is 190 Å². The minimum absolute atomic E-state index is 0.142. The maximum absolute atomic E-state index is 13.4. The van der Waals surface area contributed by atoms with Gasteiger partial charge in [0, 0.05) is 19.6 Å². The molecule has 3 rings (SSSR count). The van der Waals surface area contributed by atoms with Crippen molar-refractivity contribution in [2.45, 2.75) is 45.1 Å². The molecule has 1 aliphatic rings. The third-order valence-electron chi connectivity index (χ3n) is 5.87. The average Bonchev–Trinajstić information content (AvgIpc) is 2.76. The molecule has 0 aliphatic carbocycles. The van der Waals surface area contributed by atoms with Gasteiger partial charge in [0.05, 0.1) is 25.0 Å². The third kappa shape index (κ3) is 5.07. The van der Waals surface area contributed by atoms with Crippen molar-refractivity contribution in [3.05, 3.63) is 52.6 Å². The van der Waals surface area contributed by atoms with Gasteiger partial charge in [0.2, 0.25) is 15.9 Å². The zero-order valence-electron chi connectivity index (χ0n) is 19.4. The number of amides is 1. The molecule has 0 spiro atoms. The molecule has 1 fully saturated rings. The van der Waals surface area contributed by atoms with E-state index in [0.29, 0.717) is 42.3 Å². The normalized spacial score (nSPS) is 17.1. The summed E-state index contributed by atoms with van der Waals surface area (Å²) in [7, 11) is -0.532. The lowest BCUT2D eigenvalue weighted by molar-refractivity contribution is -0.126. The summed E-state index contributed by atoms with van der Waals surface area (Å²) in [5.41, 5.74) is 3.39. The molecule has 0 aromatic heterocycles. The van der Waals surface area contributed by atoms with Crippen molar-refractivity contribution in [3.8, 4) is 11.5 Å². The second kappa shape index (κ2) is 9.92. The first kappa shape index (κ1) is 24.1. The number of sulfonamides is 1. The second-order valence-electron chi connectivity index (χ2n) is 8.34. The number of benzene rings is 2. The van der Waals surface area contributed by atoms with Crippen LogP contribution < -0.4 is 14.8 Å². The van der Waals surface area contributed by atoms with Crippen LogP contribution in [0.5, 0.6) is 11.5 Å². The number of piperidine rings is 1. The van der Waals surface area contributed by atoms with Crippen molar-refractivity contribution in [1.29, 1.82) is 0 Å². The molecule has 1 amide bonds. The van der Waals surface area contributed by atoms with Crippen LogP contribution in [0.2, 0.25) is 0 Å². The molecule has 32 heavy (non-hydrogen) atoms. The number of nitrogens with one attached hydrogen (secondary N) is 1. The molecular formula is C24H32N2O5S. The quantitative estimate of drug-likeness (QED) is 0.685. The van der Waals surface area contributed by atoms with Crippen molar-refractivity contribution in [3.63, 3.8) is 0 Å². The van der Waals surface area contributed by atoms with Crippen LogP contribution >= 0.6 is 0 Å². The highest BCUT2D eigenvalue weighted by molar-refractivity contribution is 7.89. The van der Waals surface area contributed by atoms with E-state index in [1.807, 2.05) is 45.0 Å². The molecule has 7 nitrogen and oxygen atoms in total. The molecule has 2 aromatic carbocycles. The molecular weight excluding hydrogens is 428 g/mol. The number of rotatable bonds is 7. The molecule has 2 aromatic rings. The van der Waals surface area contributed by atoms with Gasteiger partial charge in [-0.2, -0.15) is 4.31 Å². The lowest BCUT2D eigenvalue weighted by Gasteiger charge is -2.32. The van der Waals surface area contributed by atoms with E-state index in [4.69, 9.17) is 9.47 Å². The van der Waals surface area contributed by atoms with Gasteiger partial charge in [0.1, 0.15) is 0 Å². The average molecular weight is 461 g/mol. The van der Waals surface area contributed by atoms with E-state index < -0.39 is 10.0 Å². The van der Waals surface area contributed by atoms with Crippen LogP contribution in [0, 0.1) is 26.7 Å². The van der Waals surface area contributed by atoms with Crippen LogP contribution in [-0.4, -0.2) is 45.9 Å². The molecule has 0 saturated carbocycles. The van der Waals surface area contributed by atoms with E-state index in [1.54, 1.807) is 20.3 Å². The third-order valence-corrected chi connectivity index (χ3v) is 8.04. The summed E-state index contributed by atoms with van der Waals surface area (Å²) in [6.07, 6.45) is 1.31. The molecule has 1 heterocycles. The summed E-state index contributed by atoms with van der Waals surface area (Å²) in [5, 5.41) is 2.94. The van der Waals surface area contributed by atoms with Crippen molar-refractivity contribution in [2.75, 3.05) is 27.3 Å². The van der Waals surface area contributed by atoms with Gasteiger partial charge in [-0.05, 0) is 62.4 Å². The van der Waals surface area contributed by atoms with Gasteiger partial charge in [-0.25, -0.2) is 8.42 Å². The van der Waals surface area contributed by atoms with Gasteiger partial charge >= 0.3 is 0 Å². The maximum Gasteiger partial charge on any atom is 0.243 e. The van der Waals surface area contributed by atoms with Crippen LogP contribution in [0.15, 0.2) is 35.2 Å². The lowest BCUT2D eigenvalue weighted by atomic mass is 9.98. The summed E-state index contributed by atoms with van der Waals surface area (Å²) in [6.45, 7) is 6.55. The fourth-order valence-electron chi connectivity index (χ4n) is 4.40. The van der Waals surface area contributed by atoms with Crippen LogP contribution in [0.1, 0.15) is 35.1 Å². The predicted octanol–water partition coefficient (Wildman–Crippen LogP) is 3.35. The SMILES string of the molecule is COc1ccc(CNC(=O)C2CCCN(S(=O)(=O)c3c(C)cc(C)cc3C)C2)cc1OC. The molecule has 1 unspecified atom stereocenters. The highest BCUT2D eigenvalue weighted by atomic mass is 32.2. The monoisotopic (exact) mass is 460 g/mol. The van der Waals surface area contributed by atoms with Gasteiger partial charge in [0.25, 0.3) is 0 Å². The van der Waals surface area contributed by atoms with Crippen molar-refractivity contribution >= 4 is 15.9 Å². The van der Waals surface area contributed by atoms with E-state index in [2.05, 4.69) is 5.32 Å². The van der Waals surface area contributed by atoms with Crippen LogP contribution in [0.25, 0.3) is 0 Å². The van der Waals surface area contributed by atoms with Crippen molar-refractivity contribution < 1.29 is 22.7 Å². The Morgan fingerprint density at radius 1 is 1.06 bits per heavy atom. The van der Waals surface area contributed by atoms with Gasteiger partial charge in [-0.1, -0.05) is 23.8 Å². The van der Waals surface area contributed by atoms with Gasteiger partial charge in [-0.15, -0.1) is 0 Å². The van der Waals surface area contributed by atoms with Crippen molar-refractivity contribution in [2.24, 2.45) is 5.92 Å². The van der Waals surface area contributed by atoms with E-state index in [0.717, 1.165) is 22.3 Å².